The van der Waals surface area contributed by atoms with Gasteiger partial charge in [0.25, 0.3) is 0 Å². The van der Waals surface area contributed by atoms with Crippen LogP contribution in [-0.4, -0.2) is 60.7 Å². The van der Waals surface area contributed by atoms with Gasteiger partial charge in [-0.15, -0.1) is 0 Å². The highest BCUT2D eigenvalue weighted by Crippen LogP contribution is 2.20. The van der Waals surface area contributed by atoms with Crippen LogP contribution in [0.15, 0.2) is 35.2 Å². The lowest BCUT2D eigenvalue weighted by Crippen LogP contribution is -2.49. The maximum absolute atomic E-state index is 13.4. The quantitative estimate of drug-likeness (QED) is 0.645. The van der Waals surface area contributed by atoms with Crippen molar-refractivity contribution in [2.75, 3.05) is 32.7 Å². The normalized spacial score (nSPS) is 16.3. The Morgan fingerprint density at radius 3 is 2.41 bits per heavy atom. The number of carbonyl (C=O) groups is 1. The first-order chi connectivity index (χ1) is 13.7. The highest BCUT2D eigenvalue weighted by molar-refractivity contribution is 7.89. The molecular formula is C21H28FN3O3S. The van der Waals surface area contributed by atoms with Crippen LogP contribution in [0, 0.1) is 19.7 Å². The summed E-state index contributed by atoms with van der Waals surface area (Å²) in [4.78, 5) is 14.8. The zero-order chi connectivity index (χ0) is 21.2. The van der Waals surface area contributed by atoms with Crippen LogP contribution < -0.4 is 0 Å². The van der Waals surface area contributed by atoms with E-state index in [4.69, 9.17) is 0 Å². The molecule has 0 radical (unpaired) electrons. The van der Waals surface area contributed by atoms with Crippen molar-refractivity contribution >= 4 is 15.8 Å². The number of aromatic nitrogens is 1. The lowest BCUT2D eigenvalue weighted by molar-refractivity contribution is 0.0901. The first-order valence-electron chi connectivity index (χ1n) is 9.92. The minimum Gasteiger partial charge on any atom is -0.348 e. The second kappa shape index (κ2) is 8.77. The predicted octanol–water partition coefficient (Wildman–Crippen LogP) is 2.84. The minimum absolute atomic E-state index is 0.0367. The zero-order valence-electron chi connectivity index (χ0n) is 17.2. The number of benzene rings is 1. The SMILES string of the molecule is CCCn1c(C)cc(C(=O)CN2CCN(S(=O)(=O)c3cccc(F)c3)CC2)c1C. The summed E-state index contributed by atoms with van der Waals surface area (Å²) in [6.07, 6.45) is 1.01. The van der Waals surface area contributed by atoms with E-state index in [0.717, 1.165) is 36.0 Å². The maximum Gasteiger partial charge on any atom is 0.243 e. The molecule has 3 rings (SSSR count). The Labute approximate surface area is 172 Å². The Morgan fingerprint density at radius 1 is 1.10 bits per heavy atom. The van der Waals surface area contributed by atoms with Crippen LogP contribution in [0.5, 0.6) is 0 Å². The summed E-state index contributed by atoms with van der Waals surface area (Å²) in [5, 5.41) is 0. The Bertz CT molecular complexity index is 993. The molecule has 0 aliphatic carbocycles. The molecule has 0 bridgehead atoms. The van der Waals surface area contributed by atoms with Gasteiger partial charge in [-0.05, 0) is 44.5 Å². The van der Waals surface area contributed by atoms with Gasteiger partial charge in [-0.3, -0.25) is 9.69 Å². The number of carbonyl (C=O) groups excluding carboxylic acids is 1. The van der Waals surface area contributed by atoms with E-state index < -0.39 is 15.8 Å². The summed E-state index contributed by atoms with van der Waals surface area (Å²) in [6, 6.07) is 7.00. The number of hydrogen-bond donors (Lipinski definition) is 0. The zero-order valence-corrected chi connectivity index (χ0v) is 18.0. The maximum atomic E-state index is 13.4. The van der Waals surface area contributed by atoms with Crippen molar-refractivity contribution in [1.29, 1.82) is 0 Å². The molecule has 0 amide bonds. The molecule has 0 spiro atoms. The number of nitrogens with zero attached hydrogens (tertiary/aromatic N) is 3. The average molecular weight is 422 g/mol. The van der Waals surface area contributed by atoms with E-state index >= 15 is 0 Å². The van der Waals surface area contributed by atoms with Crippen molar-refractivity contribution in [3.05, 3.63) is 53.1 Å². The first kappa shape index (κ1) is 21.7. The number of sulfonamides is 1. The van der Waals surface area contributed by atoms with Gasteiger partial charge in [0.15, 0.2) is 5.78 Å². The van der Waals surface area contributed by atoms with E-state index in [2.05, 4.69) is 11.5 Å². The lowest BCUT2D eigenvalue weighted by atomic mass is 10.1. The topological polar surface area (TPSA) is 62.6 Å². The summed E-state index contributed by atoms with van der Waals surface area (Å²) < 4.78 is 42.3. The van der Waals surface area contributed by atoms with Crippen molar-refractivity contribution in [2.24, 2.45) is 0 Å². The smallest absolute Gasteiger partial charge is 0.243 e. The average Bonchev–Trinajstić information content (AvgIpc) is 2.97. The van der Waals surface area contributed by atoms with Gasteiger partial charge in [-0.2, -0.15) is 4.31 Å². The first-order valence-corrected chi connectivity index (χ1v) is 11.4. The van der Waals surface area contributed by atoms with Gasteiger partial charge in [-0.25, -0.2) is 12.8 Å². The third-order valence-corrected chi connectivity index (χ3v) is 7.35. The molecule has 0 saturated carbocycles. The fraction of sp³-hybridized carbons (Fsp3) is 0.476. The molecule has 1 aromatic carbocycles. The van der Waals surface area contributed by atoms with Crippen molar-refractivity contribution in [3.8, 4) is 0 Å². The fourth-order valence-electron chi connectivity index (χ4n) is 3.84. The summed E-state index contributed by atoms with van der Waals surface area (Å²) >= 11 is 0. The van der Waals surface area contributed by atoms with Gasteiger partial charge in [0.1, 0.15) is 5.82 Å². The molecule has 29 heavy (non-hydrogen) atoms. The summed E-state index contributed by atoms with van der Waals surface area (Å²) in [6.45, 7) is 8.74. The van der Waals surface area contributed by atoms with Crippen LogP contribution in [-0.2, 0) is 16.6 Å². The van der Waals surface area contributed by atoms with Gasteiger partial charge in [0.05, 0.1) is 11.4 Å². The molecule has 2 heterocycles. The Morgan fingerprint density at radius 2 is 1.79 bits per heavy atom. The standard InChI is InChI=1S/C21H28FN3O3S/c1-4-8-25-16(2)13-20(17(25)3)21(26)15-23-9-11-24(12-10-23)29(27,28)19-7-5-6-18(22)14-19/h5-7,13-14H,4,8-12,15H2,1-3H3. The summed E-state index contributed by atoms with van der Waals surface area (Å²) in [5.74, 6) is -0.516. The van der Waals surface area contributed by atoms with E-state index in [1.54, 1.807) is 0 Å². The Balaban J connectivity index is 1.63. The van der Waals surface area contributed by atoms with Gasteiger partial charge < -0.3 is 4.57 Å². The Hall–Kier alpha value is -2.03. The monoisotopic (exact) mass is 421 g/mol. The third kappa shape index (κ3) is 4.60. The van der Waals surface area contributed by atoms with Gasteiger partial charge in [0, 0.05) is 49.7 Å². The number of aryl methyl sites for hydroxylation is 1. The fourth-order valence-corrected chi connectivity index (χ4v) is 5.30. The molecule has 6 nitrogen and oxygen atoms in total. The highest BCUT2D eigenvalue weighted by Gasteiger charge is 2.29. The third-order valence-electron chi connectivity index (χ3n) is 5.45. The number of rotatable bonds is 7. The van der Waals surface area contributed by atoms with Gasteiger partial charge in [0.2, 0.25) is 10.0 Å². The van der Waals surface area contributed by atoms with E-state index in [9.17, 15) is 17.6 Å². The van der Waals surface area contributed by atoms with Crippen LogP contribution in [0.4, 0.5) is 4.39 Å². The number of hydrogen-bond acceptors (Lipinski definition) is 4. The van der Waals surface area contributed by atoms with E-state index in [0.29, 0.717) is 13.1 Å². The van der Waals surface area contributed by atoms with Gasteiger partial charge >= 0.3 is 0 Å². The van der Waals surface area contributed by atoms with E-state index in [-0.39, 0.29) is 30.3 Å². The second-order valence-corrected chi connectivity index (χ2v) is 9.44. The molecular weight excluding hydrogens is 393 g/mol. The predicted molar refractivity (Wildman–Crippen MR) is 110 cm³/mol. The molecule has 1 saturated heterocycles. The molecule has 1 aliphatic heterocycles. The minimum atomic E-state index is -3.73. The van der Waals surface area contributed by atoms with Gasteiger partial charge in [-0.1, -0.05) is 13.0 Å². The van der Waals surface area contributed by atoms with Crippen molar-refractivity contribution in [3.63, 3.8) is 0 Å². The molecule has 2 aromatic rings. The highest BCUT2D eigenvalue weighted by atomic mass is 32.2. The number of Topliss-reactive ketones (excluding diaryl/α,β-unsaturated/α-hetero) is 1. The van der Waals surface area contributed by atoms with Crippen LogP contribution in [0.2, 0.25) is 0 Å². The Kier molecular flexibility index (Phi) is 6.55. The lowest BCUT2D eigenvalue weighted by Gasteiger charge is -2.33. The molecule has 1 fully saturated rings. The molecule has 8 heteroatoms. The molecule has 1 aromatic heterocycles. The summed E-state index contributed by atoms with van der Waals surface area (Å²) in [7, 11) is -3.73. The van der Waals surface area contributed by atoms with E-state index in [1.807, 2.05) is 24.8 Å². The number of piperazine rings is 1. The van der Waals surface area contributed by atoms with Crippen LogP contribution >= 0.6 is 0 Å². The van der Waals surface area contributed by atoms with Crippen LogP contribution in [0.1, 0.15) is 35.1 Å². The number of halogens is 1. The van der Waals surface area contributed by atoms with Crippen molar-refractivity contribution in [2.45, 2.75) is 38.6 Å². The molecule has 0 N–H and O–H groups in total. The second-order valence-electron chi connectivity index (χ2n) is 7.50. The largest absolute Gasteiger partial charge is 0.348 e. The molecule has 1 aliphatic rings. The number of ketones is 1. The van der Waals surface area contributed by atoms with Crippen molar-refractivity contribution < 1.29 is 17.6 Å². The molecule has 158 valence electrons. The van der Waals surface area contributed by atoms with Crippen molar-refractivity contribution in [1.82, 2.24) is 13.8 Å². The van der Waals surface area contributed by atoms with Crippen LogP contribution in [0.25, 0.3) is 0 Å². The van der Waals surface area contributed by atoms with Crippen LogP contribution in [0.3, 0.4) is 0 Å². The van der Waals surface area contributed by atoms with E-state index in [1.165, 1.54) is 22.5 Å². The molecule has 0 atom stereocenters. The summed E-state index contributed by atoms with van der Waals surface area (Å²) in [5.41, 5.74) is 2.81. The molecule has 0 unspecified atom stereocenters.